The van der Waals surface area contributed by atoms with Crippen LogP contribution in [0, 0.1) is 0 Å². The first-order valence-corrected chi connectivity index (χ1v) is 5.00. The highest BCUT2D eigenvalue weighted by molar-refractivity contribution is 6.02. The second kappa shape index (κ2) is 7.58. The number of rotatable bonds is 7. The molecule has 0 aromatic carbocycles. The first-order valence-electron chi connectivity index (χ1n) is 5.00. The monoisotopic (exact) mass is 248 g/mol. The fourth-order valence-electron chi connectivity index (χ4n) is 0.987. The van der Waals surface area contributed by atoms with E-state index in [1.54, 1.807) is 6.92 Å². The van der Waals surface area contributed by atoms with E-state index in [9.17, 15) is 14.4 Å². The highest BCUT2D eigenvalue weighted by Gasteiger charge is 2.27. The molecule has 0 radical (unpaired) electrons. The summed E-state index contributed by atoms with van der Waals surface area (Å²) in [7, 11) is 0. The van der Waals surface area contributed by atoms with Gasteiger partial charge in [0.15, 0.2) is 6.04 Å². The summed E-state index contributed by atoms with van der Waals surface area (Å²) in [5.41, 5.74) is 5.25. The third-order valence-electron chi connectivity index (χ3n) is 1.86. The van der Waals surface area contributed by atoms with Gasteiger partial charge in [-0.05, 0) is 6.92 Å². The van der Waals surface area contributed by atoms with Gasteiger partial charge in [0.25, 0.3) is 0 Å². The summed E-state index contributed by atoms with van der Waals surface area (Å²) in [4.78, 5) is 33.1. The summed E-state index contributed by atoms with van der Waals surface area (Å²) >= 11 is 0. The maximum absolute atomic E-state index is 11.4. The Bertz CT molecular complexity index is 293. The lowest BCUT2D eigenvalue weighted by atomic mass is 10.2. The van der Waals surface area contributed by atoms with Crippen molar-refractivity contribution in [1.29, 1.82) is 0 Å². The van der Waals surface area contributed by atoms with E-state index in [-0.39, 0.29) is 13.0 Å². The molecule has 2 atom stereocenters. The molecule has 0 aliphatic heterocycles. The predicted molar refractivity (Wildman–Crippen MR) is 55.9 cm³/mol. The van der Waals surface area contributed by atoms with Crippen LogP contribution in [0.2, 0.25) is 0 Å². The number of hydrogen-bond donors (Lipinski definition) is 4. The average Bonchev–Trinajstić information content (AvgIpc) is 2.27. The second-order valence-electron chi connectivity index (χ2n) is 3.14. The van der Waals surface area contributed by atoms with Crippen LogP contribution in [0.3, 0.4) is 0 Å². The van der Waals surface area contributed by atoms with E-state index in [0.29, 0.717) is 0 Å². The molecule has 0 aliphatic rings. The zero-order valence-corrected chi connectivity index (χ0v) is 9.38. The Balaban J connectivity index is 4.39. The SMILES string of the molecule is CCOC(=O)C(N)C(=O)N[C@@H](CCO)C(=O)O. The number of esters is 1. The smallest absolute Gasteiger partial charge is 0.332 e. The quantitative estimate of drug-likeness (QED) is 0.297. The van der Waals surface area contributed by atoms with Gasteiger partial charge in [0, 0.05) is 13.0 Å². The number of aliphatic hydroxyl groups is 1. The van der Waals surface area contributed by atoms with Gasteiger partial charge in [-0.2, -0.15) is 0 Å². The Hall–Kier alpha value is -1.67. The van der Waals surface area contributed by atoms with Gasteiger partial charge in [-0.15, -0.1) is 0 Å². The summed E-state index contributed by atoms with van der Waals surface area (Å²) in [6.45, 7) is 1.21. The normalized spacial score (nSPS) is 13.6. The molecular formula is C9H16N2O6. The number of aliphatic hydroxyl groups excluding tert-OH is 1. The maximum Gasteiger partial charge on any atom is 0.332 e. The number of carboxylic acid groups (broad SMARTS) is 1. The molecule has 17 heavy (non-hydrogen) atoms. The second-order valence-corrected chi connectivity index (χ2v) is 3.14. The van der Waals surface area contributed by atoms with Crippen molar-refractivity contribution in [2.75, 3.05) is 13.2 Å². The zero-order chi connectivity index (χ0) is 13.4. The van der Waals surface area contributed by atoms with Gasteiger partial charge in [0.1, 0.15) is 6.04 Å². The Morgan fingerprint density at radius 3 is 2.41 bits per heavy atom. The summed E-state index contributed by atoms with van der Waals surface area (Å²) in [6.07, 6.45) is -0.170. The van der Waals surface area contributed by atoms with Crippen LogP contribution in [0.5, 0.6) is 0 Å². The third kappa shape index (κ3) is 5.27. The molecule has 0 aromatic heterocycles. The van der Waals surface area contributed by atoms with Crippen molar-refractivity contribution in [3.05, 3.63) is 0 Å². The number of amides is 1. The molecular weight excluding hydrogens is 232 g/mol. The molecule has 0 aromatic rings. The van der Waals surface area contributed by atoms with Crippen LogP contribution in [0.1, 0.15) is 13.3 Å². The number of carbonyl (C=O) groups excluding carboxylic acids is 2. The van der Waals surface area contributed by atoms with Crippen LogP contribution < -0.4 is 11.1 Å². The third-order valence-corrected chi connectivity index (χ3v) is 1.86. The minimum absolute atomic E-state index is 0.0683. The van der Waals surface area contributed by atoms with Crippen LogP contribution in [-0.4, -0.2) is 53.4 Å². The van der Waals surface area contributed by atoms with E-state index in [2.05, 4.69) is 4.74 Å². The Labute approximate surface area is 97.7 Å². The Kier molecular flexibility index (Phi) is 6.83. The van der Waals surface area contributed by atoms with Gasteiger partial charge in [0.2, 0.25) is 5.91 Å². The lowest BCUT2D eigenvalue weighted by Gasteiger charge is -2.16. The molecule has 0 aliphatic carbocycles. The van der Waals surface area contributed by atoms with Gasteiger partial charge in [0.05, 0.1) is 6.61 Å². The fourth-order valence-corrected chi connectivity index (χ4v) is 0.987. The van der Waals surface area contributed by atoms with Crippen molar-refractivity contribution in [1.82, 2.24) is 5.32 Å². The number of nitrogens with one attached hydrogen (secondary N) is 1. The van der Waals surface area contributed by atoms with Crippen molar-refractivity contribution >= 4 is 17.8 Å². The predicted octanol–water partition coefficient (Wildman–Crippen LogP) is -2.17. The zero-order valence-electron chi connectivity index (χ0n) is 9.38. The van der Waals surface area contributed by atoms with E-state index < -0.39 is 36.5 Å². The van der Waals surface area contributed by atoms with E-state index in [1.165, 1.54) is 0 Å². The topological polar surface area (TPSA) is 139 Å². The lowest BCUT2D eigenvalue weighted by molar-refractivity contribution is -0.150. The highest BCUT2D eigenvalue weighted by Crippen LogP contribution is 1.94. The van der Waals surface area contributed by atoms with Crippen LogP contribution in [0.4, 0.5) is 0 Å². The molecule has 0 saturated carbocycles. The Morgan fingerprint density at radius 1 is 1.41 bits per heavy atom. The molecule has 8 nitrogen and oxygen atoms in total. The summed E-state index contributed by atoms with van der Waals surface area (Å²) in [5.74, 6) is -3.20. The van der Waals surface area contributed by atoms with Gasteiger partial charge in [-0.3, -0.25) is 4.79 Å². The molecule has 0 saturated heterocycles. The van der Waals surface area contributed by atoms with Gasteiger partial charge in [-0.25, -0.2) is 9.59 Å². The number of hydrogen-bond acceptors (Lipinski definition) is 6. The summed E-state index contributed by atoms with van der Waals surface area (Å²) in [6, 6.07) is -2.86. The Morgan fingerprint density at radius 2 is 2.00 bits per heavy atom. The average molecular weight is 248 g/mol. The molecule has 1 unspecified atom stereocenters. The first kappa shape index (κ1) is 15.3. The van der Waals surface area contributed by atoms with E-state index in [4.69, 9.17) is 15.9 Å². The maximum atomic E-state index is 11.4. The van der Waals surface area contributed by atoms with Crippen LogP contribution >= 0.6 is 0 Å². The molecule has 0 bridgehead atoms. The number of aliphatic carboxylic acids is 1. The molecule has 0 rings (SSSR count). The number of carboxylic acids is 1. The van der Waals surface area contributed by atoms with Gasteiger partial charge >= 0.3 is 11.9 Å². The largest absolute Gasteiger partial charge is 0.480 e. The van der Waals surface area contributed by atoms with E-state index >= 15 is 0 Å². The molecule has 0 fully saturated rings. The van der Waals surface area contributed by atoms with Crippen molar-refractivity contribution in [3.63, 3.8) is 0 Å². The molecule has 0 spiro atoms. The van der Waals surface area contributed by atoms with Crippen LogP contribution in [0.25, 0.3) is 0 Å². The van der Waals surface area contributed by atoms with Crippen molar-refractivity contribution < 1.29 is 29.3 Å². The minimum atomic E-state index is -1.57. The number of ether oxygens (including phenoxy) is 1. The van der Waals surface area contributed by atoms with Crippen molar-refractivity contribution in [3.8, 4) is 0 Å². The molecule has 98 valence electrons. The summed E-state index contributed by atoms with van der Waals surface area (Å²) in [5, 5.41) is 19.3. The van der Waals surface area contributed by atoms with E-state index in [1.807, 2.05) is 5.32 Å². The van der Waals surface area contributed by atoms with Crippen molar-refractivity contribution in [2.45, 2.75) is 25.4 Å². The lowest BCUT2D eigenvalue weighted by Crippen LogP contribution is -2.52. The minimum Gasteiger partial charge on any atom is -0.480 e. The highest BCUT2D eigenvalue weighted by atomic mass is 16.5. The first-order chi connectivity index (χ1) is 7.93. The van der Waals surface area contributed by atoms with Gasteiger partial charge in [-0.1, -0.05) is 0 Å². The van der Waals surface area contributed by atoms with Crippen molar-refractivity contribution in [2.24, 2.45) is 5.73 Å². The van der Waals surface area contributed by atoms with E-state index in [0.717, 1.165) is 0 Å². The fraction of sp³-hybridized carbons (Fsp3) is 0.667. The molecule has 8 heteroatoms. The standard InChI is InChI=1S/C9H16N2O6/c1-2-17-9(16)6(10)7(13)11-5(3-4-12)8(14)15/h5-6,12H,2-4,10H2,1H3,(H,11,13)(H,14,15)/t5-,6?/m0/s1. The van der Waals surface area contributed by atoms with Gasteiger partial charge < -0.3 is 26.0 Å². The molecule has 0 heterocycles. The number of carbonyl (C=O) groups is 3. The van der Waals surface area contributed by atoms with Crippen LogP contribution in [0.15, 0.2) is 0 Å². The van der Waals surface area contributed by atoms with Crippen LogP contribution in [-0.2, 0) is 19.1 Å². The number of nitrogens with two attached hydrogens (primary N) is 1. The molecule has 5 N–H and O–H groups in total. The molecule has 1 amide bonds. The summed E-state index contributed by atoms with van der Waals surface area (Å²) < 4.78 is 4.51.